The summed E-state index contributed by atoms with van der Waals surface area (Å²) in [6.45, 7) is 1.80. The Morgan fingerprint density at radius 2 is 1.87 bits per heavy atom. The summed E-state index contributed by atoms with van der Waals surface area (Å²) in [5, 5.41) is 0.135. The highest BCUT2D eigenvalue weighted by molar-refractivity contribution is 7.92. The van der Waals surface area contributed by atoms with Gasteiger partial charge in [0.05, 0.1) is 22.2 Å². The number of sulfonamides is 1. The summed E-state index contributed by atoms with van der Waals surface area (Å²) in [6.07, 6.45) is -0.387. The first-order chi connectivity index (χ1) is 14.8. The summed E-state index contributed by atoms with van der Waals surface area (Å²) in [5.41, 5.74) is 0.915. The Kier molecular flexibility index (Phi) is 5.77. The molecule has 0 radical (unpaired) electrons. The van der Waals surface area contributed by atoms with Crippen molar-refractivity contribution in [3.8, 4) is 11.5 Å². The monoisotopic (exact) mass is 465 g/mol. The maximum Gasteiger partial charge on any atom is 0.264 e. The summed E-state index contributed by atoms with van der Waals surface area (Å²) in [7, 11) is -3.96. The fourth-order valence-electron chi connectivity index (χ4n) is 3.27. The second-order valence-corrected chi connectivity index (χ2v) is 9.33. The maximum atomic E-state index is 14.0. The molecule has 3 aromatic carbocycles. The minimum absolute atomic E-state index is 0.0336. The van der Waals surface area contributed by atoms with Gasteiger partial charge in [-0.25, -0.2) is 17.2 Å². The van der Waals surface area contributed by atoms with E-state index in [0.717, 1.165) is 12.1 Å². The van der Waals surface area contributed by atoms with Crippen molar-refractivity contribution in [2.75, 3.05) is 10.8 Å². The zero-order valence-corrected chi connectivity index (χ0v) is 18.0. The van der Waals surface area contributed by atoms with Crippen molar-refractivity contribution in [1.29, 1.82) is 0 Å². The normalized spacial score (nSPS) is 15.9. The van der Waals surface area contributed by atoms with E-state index in [9.17, 15) is 17.2 Å². The minimum atomic E-state index is -3.96. The van der Waals surface area contributed by atoms with Crippen LogP contribution in [0.25, 0.3) is 0 Å². The predicted octanol–water partition coefficient (Wildman–Crippen LogP) is 5.17. The molecule has 0 saturated carbocycles. The molecule has 5 nitrogen and oxygen atoms in total. The molecule has 0 fully saturated rings. The van der Waals surface area contributed by atoms with Crippen molar-refractivity contribution in [3.63, 3.8) is 0 Å². The quantitative estimate of drug-likeness (QED) is 0.521. The zero-order valence-electron chi connectivity index (χ0n) is 16.4. The highest BCUT2D eigenvalue weighted by Crippen LogP contribution is 2.38. The summed E-state index contributed by atoms with van der Waals surface area (Å²) in [4.78, 5) is -0.0336. The maximum absolute atomic E-state index is 14.0. The Labute approximate surface area is 183 Å². The Morgan fingerprint density at radius 1 is 1.13 bits per heavy atom. The van der Waals surface area contributed by atoms with Crippen molar-refractivity contribution in [2.45, 2.75) is 24.5 Å². The predicted molar refractivity (Wildman–Crippen MR) is 113 cm³/mol. The van der Waals surface area contributed by atoms with Crippen molar-refractivity contribution in [3.05, 3.63) is 82.9 Å². The van der Waals surface area contributed by atoms with Gasteiger partial charge in [-0.15, -0.1) is 0 Å². The number of nitrogens with zero attached hydrogens (tertiary/aromatic N) is 1. The molecule has 0 aromatic heterocycles. The molecule has 0 aliphatic carbocycles. The van der Waals surface area contributed by atoms with Gasteiger partial charge < -0.3 is 9.47 Å². The van der Waals surface area contributed by atoms with Crippen LogP contribution in [0.2, 0.25) is 5.02 Å². The molecule has 1 heterocycles. The molecule has 1 atom stereocenters. The van der Waals surface area contributed by atoms with E-state index in [1.807, 2.05) is 0 Å². The number of rotatable bonds is 5. The van der Waals surface area contributed by atoms with Crippen molar-refractivity contribution in [1.82, 2.24) is 0 Å². The number of anilines is 1. The number of halogens is 3. The molecular formula is C22H18ClF2NO4S. The smallest absolute Gasteiger partial charge is 0.264 e. The third-order valence-corrected chi connectivity index (χ3v) is 6.84. The largest absolute Gasteiger partial charge is 0.487 e. The van der Waals surface area contributed by atoms with E-state index >= 15 is 0 Å². The summed E-state index contributed by atoms with van der Waals surface area (Å²) in [6, 6.07) is 13.8. The number of para-hydroxylation sites is 1. The van der Waals surface area contributed by atoms with E-state index in [1.165, 1.54) is 34.6 Å². The summed E-state index contributed by atoms with van der Waals surface area (Å²) < 4.78 is 66.2. The molecule has 0 N–H and O–H groups in total. The van der Waals surface area contributed by atoms with Gasteiger partial charge in [0.15, 0.2) is 11.6 Å². The molecule has 1 aliphatic rings. The van der Waals surface area contributed by atoms with E-state index in [1.54, 1.807) is 25.1 Å². The van der Waals surface area contributed by atoms with Crippen LogP contribution in [0.3, 0.4) is 0 Å². The number of fused-ring (bicyclic) bond motifs is 1. The van der Waals surface area contributed by atoms with E-state index < -0.39 is 21.7 Å². The topological polar surface area (TPSA) is 55.8 Å². The summed E-state index contributed by atoms with van der Waals surface area (Å²) in [5.74, 6) is -0.816. The van der Waals surface area contributed by atoms with Crippen LogP contribution in [-0.4, -0.2) is 21.1 Å². The lowest BCUT2D eigenvalue weighted by Gasteiger charge is -2.34. The van der Waals surface area contributed by atoms with Gasteiger partial charge >= 0.3 is 0 Å². The molecule has 0 amide bonds. The zero-order chi connectivity index (χ0) is 22.2. The SMILES string of the molecule is C[C@H]1CN(S(=O)(=O)c2ccc(F)cc2)c2cc(COc3c(F)cccc3Cl)ccc2O1. The third kappa shape index (κ3) is 4.31. The molecule has 31 heavy (non-hydrogen) atoms. The molecule has 3 aromatic rings. The van der Waals surface area contributed by atoms with E-state index in [2.05, 4.69) is 0 Å². The highest BCUT2D eigenvalue weighted by Gasteiger charge is 2.33. The molecule has 0 spiro atoms. The highest BCUT2D eigenvalue weighted by atomic mass is 35.5. The van der Waals surface area contributed by atoms with Gasteiger partial charge in [-0.1, -0.05) is 23.7 Å². The number of ether oxygens (including phenoxy) is 2. The van der Waals surface area contributed by atoms with E-state index in [-0.39, 0.29) is 34.9 Å². The van der Waals surface area contributed by atoms with Crippen LogP contribution >= 0.6 is 11.6 Å². The van der Waals surface area contributed by atoms with Gasteiger partial charge in [0.2, 0.25) is 0 Å². The number of hydrogen-bond acceptors (Lipinski definition) is 4. The van der Waals surface area contributed by atoms with E-state index in [0.29, 0.717) is 17.0 Å². The Balaban J connectivity index is 1.67. The van der Waals surface area contributed by atoms with E-state index in [4.69, 9.17) is 21.1 Å². The van der Waals surface area contributed by atoms with Gasteiger partial charge in [-0.2, -0.15) is 0 Å². The molecule has 0 bridgehead atoms. The average molecular weight is 466 g/mol. The second kappa shape index (κ2) is 8.36. The van der Waals surface area contributed by atoms with Crippen LogP contribution in [0.5, 0.6) is 11.5 Å². The van der Waals surface area contributed by atoms with Gasteiger partial charge in [0.1, 0.15) is 24.3 Å². The molecule has 4 rings (SSSR count). The molecule has 0 saturated heterocycles. The number of hydrogen-bond donors (Lipinski definition) is 0. The Bertz CT molecular complexity index is 1200. The van der Waals surface area contributed by atoms with Gasteiger partial charge in [0.25, 0.3) is 10.0 Å². The third-order valence-electron chi connectivity index (χ3n) is 4.75. The fraction of sp³-hybridized carbons (Fsp3) is 0.182. The lowest BCUT2D eigenvalue weighted by atomic mass is 10.1. The average Bonchev–Trinajstić information content (AvgIpc) is 2.73. The van der Waals surface area contributed by atoms with Crippen LogP contribution in [0.1, 0.15) is 12.5 Å². The first-order valence-corrected chi connectivity index (χ1v) is 11.2. The lowest BCUT2D eigenvalue weighted by Crippen LogP contribution is -2.42. The second-order valence-electron chi connectivity index (χ2n) is 7.06. The Morgan fingerprint density at radius 3 is 2.58 bits per heavy atom. The van der Waals surface area contributed by atoms with Gasteiger partial charge in [-0.05, 0) is 61.0 Å². The van der Waals surface area contributed by atoms with Crippen LogP contribution in [-0.2, 0) is 16.6 Å². The molecular weight excluding hydrogens is 448 g/mol. The van der Waals surface area contributed by atoms with Crippen molar-refractivity contribution >= 4 is 27.3 Å². The standard InChI is InChI=1S/C22H18ClF2NO4S/c1-14-12-26(31(27,28)17-8-6-16(24)7-9-17)20-11-15(5-10-21(20)30-14)13-29-22-18(23)3-2-4-19(22)25/h2-11,14H,12-13H2,1H3/t14-/m0/s1. The molecule has 162 valence electrons. The molecule has 1 aliphatic heterocycles. The lowest BCUT2D eigenvalue weighted by molar-refractivity contribution is 0.219. The van der Waals surface area contributed by atoms with Crippen LogP contribution < -0.4 is 13.8 Å². The minimum Gasteiger partial charge on any atom is -0.487 e. The first kappa shape index (κ1) is 21.4. The first-order valence-electron chi connectivity index (χ1n) is 9.40. The van der Waals surface area contributed by atoms with Gasteiger partial charge in [0, 0.05) is 0 Å². The molecule has 0 unspecified atom stereocenters. The van der Waals surface area contributed by atoms with Crippen molar-refractivity contribution < 1.29 is 26.7 Å². The van der Waals surface area contributed by atoms with Gasteiger partial charge in [-0.3, -0.25) is 4.31 Å². The van der Waals surface area contributed by atoms with Crippen LogP contribution in [0.15, 0.2) is 65.6 Å². The fourth-order valence-corrected chi connectivity index (χ4v) is 5.03. The number of benzene rings is 3. The van der Waals surface area contributed by atoms with Crippen LogP contribution in [0.4, 0.5) is 14.5 Å². The van der Waals surface area contributed by atoms with Crippen molar-refractivity contribution in [2.24, 2.45) is 0 Å². The summed E-state index contributed by atoms with van der Waals surface area (Å²) >= 11 is 5.99. The Hall–Kier alpha value is -2.84. The molecule has 9 heteroatoms. The van der Waals surface area contributed by atoms with Crippen LogP contribution in [0, 0.1) is 11.6 Å².